The van der Waals surface area contributed by atoms with Gasteiger partial charge in [-0.3, -0.25) is 14.9 Å². The maximum Gasteiger partial charge on any atom is 0.249 e. The van der Waals surface area contributed by atoms with Crippen molar-refractivity contribution in [1.29, 1.82) is 0 Å². The molecule has 3 aromatic rings. The molecule has 8 heteroatoms. The summed E-state index contributed by atoms with van der Waals surface area (Å²) in [5, 5.41) is 14.3. The van der Waals surface area contributed by atoms with Crippen molar-refractivity contribution in [2.45, 2.75) is 25.8 Å². The van der Waals surface area contributed by atoms with Crippen molar-refractivity contribution >= 4 is 28.3 Å². The molecule has 0 aliphatic carbocycles. The molecule has 1 atom stereocenters. The molecule has 0 fully saturated rings. The number of carbonyl (C=O) groups excluding carboxylic acids is 2. The van der Waals surface area contributed by atoms with Gasteiger partial charge in [-0.15, -0.1) is 10.2 Å². The molecule has 0 aliphatic rings. The van der Waals surface area contributed by atoms with Crippen molar-refractivity contribution < 1.29 is 14.0 Å². The number of hydrogen-bond acceptors (Lipinski definition) is 5. The summed E-state index contributed by atoms with van der Waals surface area (Å²) >= 11 is 1.18. The van der Waals surface area contributed by atoms with Crippen LogP contribution < -0.4 is 10.6 Å². The predicted molar refractivity (Wildman–Crippen MR) is 106 cm³/mol. The SMILES string of the molecule is CCC(=O)NC(Cc1ccccc1)C(=O)Nc1nnc(-c2ccc(F)cc2)s1. The van der Waals surface area contributed by atoms with Crippen LogP contribution in [-0.4, -0.2) is 28.1 Å². The third-order valence-corrected chi connectivity index (χ3v) is 4.89. The molecule has 0 aliphatic heterocycles. The molecule has 2 N–H and O–H groups in total. The van der Waals surface area contributed by atoms with Gasteiger partial charge in [0.1, 0.15) is 16.9 Å². The summed E-state index contributed by atoms with van der Waals surface area (Å²) in [5.74, 6) is -0.912. The molecular weight excluding hydrogens is 379 g/mol. The van der Waals surface area contributed by atoms with Gasteiger partial charge in [0, 0.05) is 18.4 Å². The molecule has 0 saturated carbocycles. The number of rotatable bonds is 7. The molecule has 0 spiro atoms. The van der Waals surface area contributed by atoms with E-state index in [1.165, 1.54) is 23.5 Å². The molecule has 6 nitrogen and oxygen atoms in total. The van der Waals surface area contributed by atoms with Crippen LogP contribution in [0.4, 0.5) is 9.52 Å². The minimum atomic E-state index is -0.729. The van der Waals surface area contributed by atoms with Crippen molar-refractivity contribution in [1.82, 2.24) is 15.5 Å². The summed E-state index contributed by atoms with van der Waals surface area (Å²) in [4.78, 5) is 24.6. The van der Waals surface area contributed by atoms with E-state index in [1.807, 2.05) is 30.3 Å². The van der Waals surface area contributed by atoms with Gasteiger partial charge in [-0.2, -0.15) is 0 Å². The fraction of sp³-hybridized carbons (Fsp3) is 0.200. The van der Waals surface area contributed by atoms with Crippen LogP contribution >= 0.6 is 11.3 Å². The molecule has 0 saturated heterocycles. The van der Waals surface area contributed by atoms with Crippen molar-refractivity contribution in [2.75, 3.05) is 5.32 Å². The second-order valence-electron chi connectivity index (χ2n) is 6.07. The van der Waals surface area contributed by atoms with Crippen LogP contribution in [0.3, 0.4) is 0 Å². The molecule has 3 rings (SSSR count). The zero-order valence-electron chi connectivity index (χ0n) is 15.2. The topological polar surface area (TPSA) is 84.0 Å². The number of nitrogens with one attached hydrogen (secondary N) is 2. The lowest BCUT2D eigenvalue weighted by Crippen LogP contribution is -2.45. The fourth-order valence-corrected chi connectivity index (χ4v) is 3.28. The molecule has 2 aromatic carbocycles. The van der Waals surface area contributed by atoms with Gasteiger partial charge in [-0.05, 0) is 29.8 Å². The van der Waals surface area contributed by atoms with Crippen LogP contribution in [0.15, 0.2) is 54.6 Å². The number of benzene rings is 2. The first kappa shape index (κ1) is 19.6. The van der Waals surface area contributed by atoms with Crippen LogP contribution in [-0.2, 0) is 16.0 Å². The Bertz CT molecular complexity index is 944. The second kappa shape index (κ2) is 9.18. The van der Waals surface area contributed by atoms with E-state index in [0.29, 0.717) is 22.1 Å². The van der Waals surface area contributed by atoms with Crippen molar-refractivity contribution in [2.24, 2.45) is 0 Å². The van der Waals surface area contributed by atoms with Crippen LogP contribution in [0.5, 0.6) is 0 Å². The molecule has 0 bridgehead atoms. The van der Waals surface area contributed by atoms with E-state index in [2.05, 4.69) is 20.8 Å². The monoisotopic (exact) mass is 398 g/mol. The van der Waals surface area contributed by atoms with Crippen LogP contribution in [0.2, 0.25) is 0 Å². The molecular formula is C20H19FN4O2S. The molecule has 1 aromatic heterocycles. The van der Waals surface area contributed by atoms with Crippen LogP contribution in [0.25, 0.3) is 10.6 Å². The van der Waals surface area contributed by atoms with E-state index >= 15 is 0 Å². The van der Waals surface area contributed by atoms with Gasteiger partial charge in [0.15, 0.2) is 0 Å². The summed E-state index contributed by atoms with van der Waals surface area (Å²) in [6.07, 6.45) is 0.647. The van der Waals surface area contributed by atoms with E-state index in [9.17, 15) is 14.0 Å². The van der Waals surface area contributed by atoms with Crippen molar-refractivity contribution in [3.05, 3.63) is 66.0 Å². The van der Waals surface area contributed by atoms with Crippen LogP contribution in [0, 0.1) is 5.82 Å². The van der Waals surface area contributed by atoms with Crippen molar-refractivity contribution in [3.8, 4) is 10.6 Å². The maximum absolute atomic E-state index is 13.1. The Labute approximate surface area is 165 Å². The highest BCUT2D eigenvalue weighted by atomic mass is 32.1. The fourth-order valence-electron chi connectivity index (χ4n) is 2.53. The normalized spacial score (nSPS) is 11.6. The van der Waals surface area contributed by atoms with Gasteiger partial charge in [-0.1, -0.05) is 48.6 Å². The Hall–Kier alpha value is -3.13. The lowest BCUT2D eigenvalue weighted by atomic mass is 10.1. The molecule has 28 heavy (non-hydrogen) atoms. The molecule has 2 amide bonds. The van der Waals surface area contributed by atoms with E-state index in [0.717, 1.165) is 5.56 Å². The Balaban J connectivity index is 1.72. The minimum Gasteiger partial charge on any atom is -0.344 e. The predicted octanol–water partition coefficient (Wildman–Crippen LogP) is 3.42. The van der Waals surface area contributed by atoms with Gasteiger partial charge >= 0.3 is 0 Å². The highest BCUT2D eigenvalue weighted by molar-refractivity contribution is 7.18. The number of anilines is 1. The number of hydrogen-bond donors (Lipinski definition) is 2. The van der Waals surface area contributed by atoms with Crippen LogP contribution in [0.1, 0.15) is 18.9 Å². The summed E-state index contributed by atoms with van der Waals surface area (Å²) in [7, 11) is 0. The number of aromatic nitrogens is 2. The highest BCUT2D eigenvalue weighted by Gasteiger charge is 2.22. The van der Waals surface area contributed by atoms with Crippen molar-refractivity contribution in [3.63, 3.8) is 0 Å². The summed E-state index contributed by atoms with van der Waals surface area (Å²) < 4.78 is 13.1. The highest BCUT2D eigenvalue weighted by Crippen LogP contribution is 2.26. The zero-order chi connectivity index (χ0) is 19.9. The summed E-state index contributed by atoms with van der Waals surface area (Å²) in [5.41, 5.74) is 1.64. The number of halogens is 1. The Morgan fingerprint density at radius 3 is 2.46 bits per heavy atom. The average Bonchev–Trinajstić information content (AvgIpc) is 3.17. The molecule has 1 heterocycles. The smallest absolute Gasteiger partial charge is 0.249 e. The second-order valence-corrected chi connectivity index (χ2v) is 7.05. The number of nitrogens with zero attached hydrogens (tertiary/aromatic N) is 2. The average molecular weight is 398 g/mol. The first-order chi connectivity index (χ1) is 13.5. The quantitative estimate of drug-likeness (QED) is 0.639. The van der Waals surface area contributed by atoms with Gasteiger partial charge < -0.3 is 5.32 Å². The van der Waals surface area contributed by atoms with E-state index in [4.69, 9.17) is 0 Å². The van der Waals surface area contributed by atoms with Gasteiger partial charge in [0.2, 0.25) is 16.9 Å². The van der Waals surface area contributed by atoms with Gasteiger partial charge in [-0.25, -0.2) is 4.39 Å². The Morgan fingerprint density at radius 2 is 1.79 bits per heavy atom. The first-order valence-electron chi connectivity index (χ1n) is 8.78. The van der Waals surface area contributed by atoms with E-state index in [-0.39, 0.29) is 24.1 Å². The molecule has 0 radical (unpaired) electrons. The standard InChI is InChI=1S/C20H19FN4O2S/c1-2-17(26)22-16(12-13-6-4-3-5-7-13)18(27)23-20-25-24-19(28-20)14-8-10-15(21)11-9-14/h3-11,16H,2,12H2,1H3,(H,22,26)(H,23,25,27). The third kappa shape index (κ3) is 5.20. The van der Waals surface area contributed by atoms with Gasteiger partial charge in [0.25, 0.3) is 0 Å². The van der Waals surface area contributed by atoms with E-state index in [1.54, 1.807) is 19.1 Å². The Morgan fingerprint density at radius 1 is 1.07 bits per heavy atom. The molecule has 1 unspecified atom stereocenters. The Kier molecular flexibility index (Phi) is 6.44. The number of amides is 2. The third-order valence-electron chi connectivity index (χ3n) is 4.00. The zero-order valence-corrected chi connectivity index (χ0v) is 16.0. The summed E-state index contributed by atoms with van der Waals surface area (Å²) in [6.45, 7) is 1.73. The molecule has 144 valence electrons. The maximum atomic E-state index is 13.1. The minimum absolute atomic E-state index is 0.208. The van der Waals surface area contributed by atoms with Gasteiger partial charge in [0.05, 0.1) is 0 Å². The van der Waals surface area contributed by atoms with E-state index < -0.39 is 6.04 Å². The lowest BCUT2D eigenvalue weighted by Gasteiger charge is -2.17. The number of carbonyl (C=O) groups is 2. The summed E-state index contributed by atoms with van der Waals surface area (Å²) in [6, 6.07) is 14.6. The lowest BCUT2D eigenvalue weighted by molar-refractivity contribution is -0.126. The largest absolute Gasteiger partial charge is 0.344 e. The first-order valence-corrected chi connectivity index (χ1v) is 9.60.